The number of guanidine groups is 1. The van der Waals surface area contributed by atoms with Gasteiger partial charge in [-0.2, -0.15) is 0 Å². The molecule has 0 radical (unpaired) electrons. The van der Waals surface area contributed by atoms with E-state index in [-0.39, 0.29) is 24.0 Å². The largest absolute Gasteiger partial charge is 0.469 e. The van der Waals surface area contributed by atoms with Crippen LogP contribution in [0.4, 0.5) is 0 Å². The molecule has 5 nitrogen and oxygen atoms in total. The molecule has 28 heavy (non-hydrogen) atoms. The van der Waals surface area contributed by atoms with E-state index in [9.17, 15) is 0 Å². The molecule has 0 amide bonds. The number of halogens is 3. The van der Waals surface area contributed by atoms with Gasteiger partial charge in [0, 0.05) is 55.7 Å². The molecule has 0 atom stereocenters. The molecule has 154 valence electrons. The van der Waals surface area contributed by atoms with Crippen molar-refractivity contribution in [1.82, 2.24) is 15.5 Å². The minimum Gasteiger partial charge on any atom is -0.469 e. The standard InChI is InChI=1S/C20H26Cl2N4O.HI/c1-23-20(24-7-4-19-3-2-10-27-19)25-18-5-8-26(9-6-18)14-15-11-16(21)13-17(22)12-15;/h2-3,10-13,18H,4-9,14H2,1H3,(H2,23,24,25);1H. The Morgan fingerprint density at radius 1 is 1.21 bits per heavy atom. The zero-order chi connectivity index (χ0) is 19.1. The monoisotopic (exact) mass is 536 g/mol. The van der Waals surface area contributed by atoms with Crippen LogP contribution in [-0.4, -0.2) is 43.6 Å². The molecular formula is C20H27Cl2IN4O. The van der Waals surface area contributed by atoms with E-state index in [0.717, 1.165) is 62.7 Å². The Morgan fingerprint density at radius 3 is 2.54 bits per heavy atom. The summed E-state index contributed by atoms with van der Waals surface area (Å²) in [5.41, 5.74) is 1.16. The van der Waals surface area contributed by atoms with E-state index < -0.39 is 0 Å². The van der Waals surface area contributed by atoms with Crippen LogP contribution in [0.1, 0.15) is 24.2 Å². The first kappa shape index (κ1) is 23.3. The fourth-order valence-corrected chi connectivity index (χ4v) is 3.91. The molecule has 1 aromatic heterocycles. The van der Waals surface area contributed by atoms with Crippen LogP contribution in [0.3, 0.4) is 0 Å². The smallest absolute Gasteiger partial charge is 0.191 e. The van der Waals surface area contributed by atoms with Crippen molar-refractivity contribution in [3.8, 4) is 0 Å². The van der Waals surface area contributed by atoms with E-state index in [0.29, 0.717) is 16.1 Å². The number of hydrogen-bond acceptors (Lipinski definition) is 3. The Labute approximate surface area is 193 Å². The van der Waals surface area contributed by atoms with Gasteiger partial charge in [-0.05, 0) is 48.7 Å². The third kappa shape index (κ3) is 7.46. The number of likely N-dealkylation sites (tertiary alicyclic amines) is 1. The summed E-state index contributed by atoms with van der Waals surface area (Å²) in [5.74, 6) is 1.83. The van der Waals surface area contributed by atoms with Crippen LogP contribution in [-0.2, 0) is 13.0 Å². The van der Waals surface area contributed by atoms with Crippen molar-refractivity contribution in [2.45, 2.75) is 31.8 Å². The third-order valence-corrected chi connectivity index (χ3v) is 5.16. The Balaban J connectivity index is 0.00000280. The lowest BCUT2D eigenvalue weighted by Gasteiger charge is -2.33. The van der Waals surface area contributed by atoms with Crippen molar-refractivity contribution in [2.24, 2.45) is 4.99 Å². The number of rotatable bonds is 6. The first-order valence-electron chi connectivity index (χ1n) is 9.29. The number of piperidine rings is 1. The summed E-state index contributed by atoms with van der Waals surface area (Å²) in [7, 11) is 1.81. The predicted octanol–water partition coefficient (Wildman–Crippen LogP) is 4.58. The highest BCUT2D eigenvalue weighted by Gasteiger charge is 2.20. The molecule has 0 spiro atoms. The maximum atomic E-state index is 6.10. The minimum atomic E-state index is 0. The predicted molar refractivity (Wildman–Crippen MR) is 127 cm³/mol. The average Bonchev–Trinajstić information content (AvgIpc) is 3.15. The average molecular weight is 537 g/mol. The van der Waals surface area contributed by atoms with Gasteiger partial charge in [0.1, 0.15) is 5.76 Å². The van der Waals surface area contributed by atoms with Crippen LogP contribution in [0.15, 0.2) is 46.0 Å². The molecule has 1 fully saturated rings. The van der Waals surface area contributed by atoms with Gasteiger partial charge in [-0.1, -0.05) is 23.2 Å². The molecule has 0 saturated carbocycles. The summed E-state index contributed by atoms with van der Waals surface area (Å²) in [6, 6.07) is 10.1. The number of nitrogens with zero attached hydrogens (tertiary/aromatic N) is 2. The zero-order valence-corrected chi connectivity index (χ0v) is 19.8. The Bertz CT molecular complexity index is 726. The molecule has 1 aliphatic rings. The normalized spacial score (nSPS) is 15.9. The van der Waals surface area contributed by atoms with Gasteiger partial charge in [0.15, 0.2) is 5.96 Å². The van der Waals surface area contributed by atoms with E-state index in [1.165, 1.54) is 0 Å². The van der Waals surface area contributed by atoms with Gasteiger partial charge in [-0.25, -0.2) is 0 Å². The maximum Gasteiger partial charge on any atom is 0.191 e. The molecule has 0 aliphatic carbocycles. The lowest BCUT2D eigenvalue weighted by atomic mass is 10.0. The van der Waals surface area contributed by atoms with Gasteiger partial charge in [0.25, 0.3) is 0 Å². The molecule has 1 saturated heterocycles. The molecule has 2 aromatic rings. The number of nitrogens with one attached hydrogen (secondary N) is 2. The lowest BCUT2D eigenvalue weighted by Crippen LogP contribution is -2.48. The van der Waals surface area contributed by atoms with Crippen molar-refractivity contribution in [3.05, 3.63) is 58.0 Å². The molecule has 8 heteroatoms. The fourth-order valence-electron chi connectivity index (χ4n) is 3.34. The van der Waals surface area contributed by atoms with Crippen molar-refractivity contribution >= 4 is 53.1 Å². The van der Waals surface area contributed by atoms with Crippen LogP contribution in [0.25, 0.3) is 0 Å². The molecule has 3 rings (SSSR count). The number of benzene rings is 1. The van der Waals surface area contributed by atoms with Crippen molar-refractivity contribution in [3.63, 3.8) is 0 Å². The summed E-state index contributed by atoms with van der Waals surface area (Å²) in [6.45, 7) is 3.74. The van der Waals surface area contributed by atoms with Gasteiger partial charge in [-0.3, -0.25) is 9.89 Å². The highest BCUT2D eigenvalue weighted by molar-refractivity contribution is 14.0. The summed E-state index contributed by atoms with van der Waals surface area (Å²) < 4.78 is 5.35. The fraction of sp³-hybridized carbons (Fsp3) is 0.450. The second-order valence-electron chi connectivity index (χ2n) is 6.80. The van der Waals surface area contributed by atoms with Crippen LogP contribution >= 0.6 is 47.2 Å². The zero-order valence-electron chi connectivity index (χ0n) is 16.0. The van der Waals surface area contributed by atoms with Gasteiger partial charge in [-0.15, -0.1) is 24.0 Å². The van der Waals surface area contributed by atoms with Crippen LogP contribution < -0.4 is 10.6 Å². The molecule has 1 aliphatic heterocycles. The second-order valence-corrected chi connectivity index (χ2v) is 7.67. The van der Waals surface area contributed by atoms with E-state index in [2.05, 4.69) is 20.5 Å². The first-order chi connectivity index (χ1) is 13.1. The number of hydrogen-bond donors (Lipinski definition) is 2. The summed E-state index contributed by atoms with van der Waals surface area (Å²) in [4.78, 5) is 6.77. The summed E-state index contributed by atoms with van der Waals surface area (Å²) >= 11 is 12.2. The Morgan fingerprint density at radius 2 is 1.93 bits per heavy atom. The first-order valence-corrected chi connectivity index (χ1v) is 10.0. The minimum absolute atomic E-state index is 0. The van der Waals surface area contributed by atoms with Crippen molar-refractivity contribution in [1.29, 1.82) is 0 Å². The van der Waals surface area contributed by atoms with Crippen LogP contribution in [0.5, 0.6) is 0 Å². The SMILES string of the molecule is CN=C(NCCc1ccco1)NC1CCN(Cc2cc(Cl)cc(Cl)c2)CC1.I. The van der Waals surface area contributed by atoms with Crippen LogP contribution in [0.2, 0.25) is 10.0 Å². The third-order valence-electron chi connectivity index (χ3n) is 4.72. The number of aliphatic imine (C=N–C) groups is 1. The van der Waals surface area contributed by atoms with E-state index in [1.54, 1.807) is 19.4 Å². The number of furan rings is 1. The van der Waals surface area contributed by atoms with Crippen molar-refractivity contribution < 1.29 is 4.42 Å². The van der Waals surface area contributed by atoms with Gasteiger partial charge in [0.2, 0.25) is 0 Å². The summed E-state index contributed by atoms with van der Waals surface area (Å²) in [5, 5.41) is 8.27. The molecule has 2 N–H and O–H groups in total. The molecule has 1 aromatic carbocycles. The quantitative estimate of drug-likeness (QED) is 0.322. The lowest BCUT2D eigenvalue weighted by molar-refractivity contribution is 0.198. The highest BCUT2D eigenvalue weighted by Crippen LogP contribution is 2.21. The van der Waals surface area contributed by atoms with Gasteiger partial charge < -0.3 is 15.1 Å². The van der Waals surface area contributed by atoms with E-state index in [4.69, 9.17) is 27.6 Å². The molecular weight excluding hydrogens is 510 g/mol. The molecule has 0 unspecified atom stereocenters. The van der Waals surface area contributed by atoms with Gasteiger partial charge >= 0.3 is 0 Å². The Hall–Kier alpha value is -0.960. The molecule has 0 bridgehead atoms. The summed E-state index contributed by atoms with van der Waals surface area (Å²) in [6.07, 6.45) is 4.70. The second kappa shape index (κ2) is 11.9. The van der Waals surface area contributed by atoms with Crippen molar-refractivity contribution in [2.75, 3.05) is 26.7 Å². The maximum absolute atomic E-state index is 6.10. The van der Waals surface area contributed by atoms with E-state index in [1.807, 2.05) is 24.3 Å². The Kier molecular flexibility index (Phi) is 9.91. The van der Waals surface area contributed by atoms with E-state index >= 15 is 0 Å². The topological polar surface area (TPSA) is 52.8 Å². The highest BCUT2D eigenvalue weighted by atomic mass is 127. The molecule has 2 heterocycles. The van der Waals surface area contributed by atoms with Crippen LogP contribution in [0, 0.1) is 0 Å². The van der Waals surface area contributed by atoms with Gasteiger partial charge in [0.05, 0.1) is 6.26 Å².